The predicted molar refractivity (Wildman–Crippen MR) is 250 cm³/mol. The van der Waals surface area contributed by atoms with Gasteiger partial charge in [0.05, 0.1) is 22.7 Å². The minimum Gasteiger partial charge on any atom is -0.309 e. The minimum atomic E-state index is 1.12. The Kier molecular flexibility index (Phi) is 7.26. The van der Waals surface area contributed by atoms with Crippen molar-refractivity contribution < 1.29 is 0 Å². The molecule has 0 bridgehead atoms. The first-order chi connectivity index (χ1) is 28.8. The number of fused-ring (bicyclic) bond motifs is 6. The van der Waals surface area contributed by atoms with Crippen molar-refractivity contribution in [3.05, 3.63) is 218 Å². The average Bonchev–Trinajstić information content (AvgIpc) is 3.30. The summed E-state index contributed by atoms with van der Waals surface area (Å²) < 4.78 is 0. The number of anilines is 6. The summed E-state index contributed by atoms with van der Waals surface area (Å²) >= 11 is 0. The number of benzene rings is 12. The third-order valence-corrected chi connectivity index (χ3v) is 12.1. The van der Waals surface area contributed by atoms with Crippen molar-refractivity contribution >= 4 is 110 Å². The van der Waals surface area contributed by atoms with Crippen molar-refractivity contribution in [1.82, 2.24) is 0 Å². The van der Waals surface area contributed by atoms with E-state index in [0.29, 0.717) is 0 Å². The average molecular weight is 737 g/mol. The van der Waals surface area contributed by atoms with E-state index in [2.05, 4.69) is 228 Å². The first kappa shape index (κ1) is 32.6. The smallest absolute Gasteiger partial charge is 0.0540 e. The van der Waals surface area contributed by atoms with Gasteiger partial charge >= 0.3 is 0 Å². The Hall–Kier alpha value is -7.68. The standard InChI is InChI=1S/C56H36N2/c1-3-15-41(16-4-1)57(51-23-11-21-45-43-19-9-7-13-37(43)25-31-47(45)51)53-35-29-39-28-34-50-54(36-30-40-27-33-49(53)55(39)56(40)50)58(42-17-5-2-6-18-42)52-24-12-22-46-44-20-10-8-14-38(44)26-32-48(46)52/h1-36H. The lowest BCUT2D eigenvalue weighted by Crippen LogP contribution is -2.12. The number of hydrogen-bond donors (Lipinski definition) is 0. The zero-order valence-electron chi connectivity index (χ0n) is 31.7. The molecule has 0 radical (unpaired) electrons. The van der Waals surface area contributed by atoms with Gasteiger partial charge < -0.3 is 9.80 Å². The highest BCUT2D eigenvalue weighted by Crippen LogP contribution is 2.49. The monoisotopic (exact) mass is 736 g/mol. The molecule has 0 aliphatic rings. The van der Waals surface area contributed by atoms with Gasteiger partial charge in [-0.1, -0.05) is 170 Å². The van der Waals surface area contributed by atoms with Crippen molar-refractivity contribution in [2.45, 2.75) is 0 Å². The highest BCUT2D eigenvalue weighted by molar-refractivity contribution is 6.29. The molecule has 0 aliphatic heterocycles. The van der Waals surface area contributed by atoms with Crippen LogP contribution in [0.1, 0.15) is 0 Å². The molecule has 0 heterocycles. The molecule has 0 aliphatic carbocycles. The van der Waals surface area contributed by atoms with E-state index in [1.54, 1.807) is 0 Å². The van der Waals surface area contributed by atoms with Crippen LogP contribution >= 0.6 is 0 Å². The van der Waals surface area contributed by atoms with E-state index in [1.165, 1.54) is 75.4 Å². The minimum absolute atomic E-state index is 1.12. The van der Waals surface area contributed by atoms with Gasteiger partial charge in [-0.3, -0.25) is 0 Å². The zero-order valence-corrected chi connectivity index (χ0v) is 31.7. The van der Waals surface area contributed by atoms with E-state index in [9.17, 15) is 0 Å². The predicted octanol–water partition coefficient (Wildman–Crippen LogP) is 16.1. The lowest BCUT2D eigenvalue weighted by molar-refractivity contribution is 1.31. The Bertz CT molecular complexity index is 3280. The van der Waals surface area contributed by atoms with E-state index in [1.807, 2.05) is 0 Å². The molecule has 0 unspecified atom stereocenters. The van der Waals surface area contributed by atoms with Crippen LogP contribution in [0, 0.1) is 0 Å². The van der Waals surface area contributed by atoms with Crippen molar-refractivity contribution in [3.8, 4) is 0 Å². The third kappa shape index (κ3) is 4.92. The van der Waals surface area contributed by atoms with E-state index in [4.69, 9.17) is 0 Å². The number of rotatable bonds is 6. The van der Waals surface area contributed by atoms with Crippen LogP contribution in [0.15, 0.2) is 218 Å². The van der Waals surface area contributed by atoms with Crippen molar-refractivity contribution in [2.24, 2.45) is 0 Å². The molecular formula is C56H36N2. The molecule has 270 valence electrons. The van der Waals surface area contributed by atoms with Gasteiger partial charge in [0, 0.05) is 32.9 Å². The normalized spacial score (nSPS) is 11.8. The maximum atomic E-state index is 2.46. The molecule has 2 heteroatoms. The molecule has 0 amide bonds. The Balaban J connectivity index is 1.13. The first-order valence-electron chi connectivity index (χ1n) is 20.0. The fourth-order valence-corrected chi connectivity index (χ4v) is 9.57. The molecule has 58 heavy (non-hydrogen) atoms. The summed E-state index contributed by atoms with van der Waals surface area (Å²) in [5.74, 6) is 0. The number of hydrogen-bond acceptors (Lipinski definition) is 2. The van der Waals surface area contributed by atoms with E-state index >= 15 is 0 Å². The summed E-state index contributed by atoms with van der Waals surface area (Å²) in [6.45, 7) is 0. The van der Waals surface area contributed by atoms with Gasteiger partial charge in [0.2, 0.25) is 0 Å². The van der Waals surface area contributed by atoms with Crippen LogP contribution < -0.4 is 9.80 Å². The summed E-state index contributed by atoms with van der Waals surface area (Å²) in [7, 11) is 0. The molecule has 0 saturated carbocycles. The van der Waals surface area contributed by atoms with Crippen molar-refractivity contribution in [3.63, 3.8) is 0 Å². The molecule has 0 atom stereocenters. The summed E-state index contributed by atoms with van der Waals surface area (Å²) in [4.78, 5) is 4.92. The van der Waals surface area contributed by atoms with Crippen LogP contribution in [0.3, 0.4) is 0 Å². The quantitative estimate of drug-likeness (QED) is 0.157. The molecule has 2 nitrogen and oxygen atoms in total. The van der Waals surface area contributed by atoms with Crippen molar-refractivity contribution in [1.29, 1.82) is 0 Å². The Morgan fingerprint density at radius 2 is 0.534 bits per heavy atom. The van der Waals surface area contributed by atoms with Crippen molar-refractivity contribution in [2.75, 3.05) is 9.80 Å². The Morgan fingerprint density at radius 3 is 1.00 bits per heavy atom. The SMILES string of the molecule is c1ccc(N(c2cccc3c2ccc2ccccc23)c2ccc3ccc4c(N(c5ccccc5)c5cccc6c5ccc5ccccc56)ccc5ccc2c3c54)cc1. The second-order valence-electron chi connectivity index (χ2n) is 15.3. The van der Waals surface area contributed by atoms with Gasteiger partial charge in [-0.05, 0) is 102 Å². The van der Waals surface area contributed by atoms with Gasteiger partial charge in [-0.2, -0.15) is 0 Å². The van der Waals surface area contributed by atoms with Gasteiger partial charge in [0.1, 0.15) is 0 Å². The molecular weight excluding hydrogens is 701 g/mol. The fraction of sp³-hybridized carbons (Fsp3) is 0. The van der Waals surface area contributed by atoms with Gasteiger partial charge in [-0.15, -0.1) is 0 Å². The van der Waals surface area contributed by atoms with Gasteiger partial charge in [0.15, 0.2) is 0 Å². The lowest BCUT2D eigenvalue weighted by Gasteiger charge is -2.30. The molecule has 0 saturated heterocycles. The molecule has 0 spiro atoms. The first-order valence-corrected chi connectivity index (χ1v) is 20.0. The van der Waals surface area contributed by atoms with Crippen LogP contribution in [-0.4, -0.2) is 0 Å². The van der Waals surface area contributed by atoms with Crippen LogP contribution in [0.25, 0.3) is 75.4 Å². The van der Waals surface area contributed by atoms with Crippen LogP contribution in [0.2, 0.25) is 0 Å². The maximum absolute atomic E-state index is 2.46. The number of para-hydroxylation sites is 2. The molecule has 0 N–H and O–H groups in total. The second-order valence-corrected chi connectivity index (χ2v) is 15.3. The van der Waals surface area contributed by atoms with E-state index in [0.717, 1.165) is 34.1 Å². The largest absolute Gasteiger partial charge is 0.309 e. The second kappa shape index (κ2) is 12.9. The summed E-state index contributed by atoms with van der Waals surface area (Å²) in [5.41, 5.74) is 6.86. The van der Waals surface area contributed by atoms with Gasteiger partial charge in [-0.25, -0.2) is 0 Å². The third-order valence-electron chi connectivity index (χ3n) is 12.1. The van der Waals surface area contributed by atoms with Crippen LogP contribution in [0.5, 0.6) is 0 Å². The zero-order chi connectivity index (χ0) is 38.2. The van der Waals surface area contributed by atoms with Gasteiger partial charge in [0.25, 0.3) is 0 Å². The lowest BCUT2D eigenvalue weighted by atomic mass is 9.91. The summed E-state index contributed by atoms with van der Waals surface area (Å²) in [6.07, 6.45) is 0. The highest BCUT2D eigenvalue weighted by Gasteiger charge is 2.23. The Labute approximate surface area is 336 Å². The van der Waals surface area contributed by atoms with Crippen LogP contribution in [0.4, 0.5) is 34.1 Å². The summed E-state index contributed by atoms with van der Waals surface area (Å²) in [5, 5.41) is 17.4. The van der Waals surface area contributed by atoms with Crippen LogP contribution in [-0.2, 0) is 0 Å². The maximum Gasteiger partial charge on any atom is 0.0540 e. The molecule has 12 aromatic carbocycles. The van der Waals surface area contributed by atoms with E-state index < -0.39 is 0 Å². The molecule has 0 aromatic heterocycles. The molecule has 12 aromatic rings. The molecule has 0 fully saturated rings. The summed E-state index contributed by atoms with van der Waals surface area (Å²) in [6, 6.07) is 80.1. The Morgan fingerprint density at radius 1 is 0.190 bits per heavy atom. The topological polar surface area (TPSA) is 6.48 Å². The highest BCUT2D eigenvalue weighted by atomic mass is 15.2. The number of nitrogens with zero attached hydrogens (tertiary/aromatic N) is 2. The fourth-order valence-electron chi connectivity index (χ4n) is 9.57. The van der Waals surface area contributed by atoms with E-state index in [-0.39, 0.29) is 0 Å². The molecule has 12 rings (SSSR count).